The van der Waals surface area contributed by atoms with E-state index in [2.05, 4.69) is 15.5 Å². The molecule has 0 saturated carbocycles. The number of thiocarbonyl (C=S) groups is 1. The van der Waals surface area contributed by atoms with E-state index in [1.54, 1.807) is 6.92 Å². The number of H-pyrrole nitrogens is 1. The Balaban J connectivity index is 2.57. The Kier molecular flexibility index (Phi) is 4.90. The topological polar surface area (TPSA) is 92.5 Å². The van der Waals surface area contributed by atoms with E-state index in [9.17, 15) is 4.79 Å². The van der Waals surface area contributed by atoms with Crippen LogP contribution in [0.4, 0.5) is 0 Å². The van der Waals surface area contributed by atoms with Gasteiger partial charge in [0.1, 0.15) is 0 Å². The summed E-state index contributed by atoms with van der Waals surface area (Å²) >= 11 is 4.70. The van der Waals surface area contributed by atoms with Gasteiger partial charge in [-0.2, -0.15) is 5.10 Å². The van der Waals surface area contributed by atoms with Crippen LogP contribution in [0.1, 0.15) is 21.7 Å². The van der Waals surface area contributed by atoms with E-state index in [0.717, 1.165) is 11.1 Å². The molecule has 1 aromatic heterocycles. The molecule has 7 heteroatoms. The van der Waals surface area contributed by atoms with Crippen LogP contribution in [0.5, 0.6) is 0 Å². The number of ether oxygens (including phenoxy) is 1. The van der Waals surface area contributed by atoms with Crippen LogP contribution < -0.4 is 11.2 Å². The number of hydrogen-bond donors (Lipinski definition) is 3. The van der Waals surface area contributed by atoms with Gasteiger partial charge in [-0.05, 0) is 24.7 Å². The number of hydrazone groups is 1. The molecule has 0 unspecified atom stereocenters. The Morgan fingerprint density at radius 3 is 2.68 bits per heavy atom. The van der Waals surface area contributed by atoms with Gasteiger partial charge in [-0.15, -0.1) is 0 Å². The zero-order valence-electron chi connectivity index (χ0n) is 12.2. The van der Waals surface area contributed by atoms with Crippen LogP contribution in [0, 0.1) is 6.92 Å². The molecule has 6 nitrogen and oxygen atoms in total. The van der Waals surface area contributed by atoms with Crippen molar-refractivity contribution in [2.24, 2.45) is 10.8 Å². The summed E-state index contributed by atoms with van der Waals surface area (Å²) in [6.45, 7) is 1.80. The van der Waals surface area contributed by atoms with Gasteiger partial charge in [0.05, 0.1) is 24.6 Å². The first kappa shape index (κ1) is 15.7. The lowest BCUT2D eigenvalue weighted by atomic mass is 10.0. The predicted octanol–water partition coefficient (Wildman–Crippen LogP) is 1.94. The van der Waals surface area contributed by atoms with E-state index < -0.39 is 5.97 Å². The maximum atomic E-state index is 12.1. The van der Waals surface area contributed by atoms with Gasteiger partial charge in [-0.3, -0.25) is 5.43 Å². The molecule has 4 N–H and O–H groups in total. The van der Waals surface area contributed by atoms with Crippen LogP contribution in [0.2, 0.25) is 0 Å². The van der Waals surface area contributed by atoms with Crippen molar-refractivity contribution in [1.82, 2.24) is 10.4 Å². The lowest BCUT2D eigenvalue weighted by Crippen LogP contribution is -2.24. The van der Waals surface area contributed by atoms with Crippen LogP contribution >= 0.6 is 12.2 Å². The molecule has 0 spiro atoms. The number of aryl methyl sites for hydroxylation is 1. The summed E-state index contributed by atoms with van der Waals surface area (Å²) in [7, 11) is 1.35. The van der Waals surface area contributed by atoms with Gasteiger partial charge in [0.25, 0.3) is 0 Å². The van der Waals surface area contributed by atoms with Gasteiger partial charge in [0, 0.05) is 11.3 Å². The quantitative estimate of drug-likeness (QED) is 0.347. The molecule has 1 heterocycles. The van der Waals surface area contributed by atoms with Gasteiger partial charge in [-0.25, -0.2) is 4.79 Å². The number of carbonyl (C=O) groups is 1. The van der Waals surface area contributed by atoms with Crippen molar-refractivity contribution >= 4 is 29.5 Å². The molecule has 0 aliphatic rings. The number of rotatable bonds is 4. The molecule has 0 atom stereocenters. The third-order valence-corrected chi connectivity index (χ3v) is 3.13. The minimum atomic E-state index is -0.408. The third kappa shape index (κ3) is 3.32. The zero-order valence-corrected chi connectivity index (χ0v) is 13.0. The number of nitrogens with two attached hydrogens (primary N) is 1. The summed E-state index contributed by atoms with van der Waals surface area (Å²) in [5.41, 5.74) is 11.3. The highest BCUT2D eigenvalue weighted by molar-refractivity contribution is 7.80. The fourth-order valence-electron chi connectivity index (χ4n) is 2.17. The first-order valence-corrected chi connectivity index (χ1v) is 6.90. The number of hydrogen-bond acceptors (Lipinski definition) is 4. The Morgan fingerprint density at radius 1 is 1.41 bits per heavy atom. The smallest absolute Gasteiger partial charge is 0.340 e. The minimum Gasteiger partial charge on any atom is -0.465 e. The molecule has 0 aliphatic heterocycles. The first-order valence-electron chi connectivity index (χ1n) is 6.49. The number of nitrogens with zero attached hydrogens (tertiary/aromatic N) is 1. The molecule has 0 amide bonds. The van der Waals surface area contributed by atoms with Crippen LogP contribution in [-0.2, 0) is 4.74 Å². The largest absolute Gasteiger partial charge is 0.465 e. The Hall–Kier alpha value is -2.67. The fraction of sp³-hybridized carbons (Fsp3) is 0.133. The molecule has 0 saturated heterocycles. The maximum Gasteiger partial charge on any atom is 0.340 e. The molecule has 2 aromatic rings. The highest BCUT2D eigenvalue weighted by atomic mass is 32.1. The predicted molar refractivity (Wildman–Crippen MR) is 89.8 cm³/mol. The van der Waals surface area contributed by atoms with E-state index >= 15 is 0 Å². The van der Waals surface area contributed by atoms with Gasteiger partial charge in [0.15, 0.2) is 5.11 Å². The second kappa shape index (κ2) is 6.86. The number of aromatic amines is 1. The average molecular weight is 316 g/mol. The van der Waals surface area contributed by atoms with Gasteiger partial charge in [-0.1, -0.05) is 30.3 Å². The number of methoxy groups -OCH3 is 1. The van der Waals surface area contributed by atoms with Gasteiger partial charge >= 0.3 is 5.97 Å². The molecule has 0 radical (unpaired) electrons. The van der Waals surface area contributed by atoms with Crippen molar-refractivity contribution in [3.63, 3.8) is 0 Å². The average Bonchev–Trinajstić information content (AvgIpc) is 2.83. The second-order valence-corrected chi connectivity index (χ2v) is 4.95. The Labute approximate surface area is 133 Å². The van der Waals surface area contributed by atoms with Crippen LogP contribution in [0.3, 0.4) is 0 Å². The highest BCUT2D eigenvalue weighted by Gasteiger charge is 2.22. The molecule has 1 aromatic carbocycles. The monoisotopic (exact) mass is 316 g/mol. The van der Waals surface area contributed by atoms with Crippen LogP contribution in [-0.4, -0.2) is 29.4 Å². The van der Waals surface area contributed by atoms with Gasteiger partial charge in [0.2, 0.25) is 0 Å². The molecular formula is C15H16N4O2S. The van der Waals surface area contributed by atoms with Crippen molar-refractivity contribution in [3.05, 3.63) is 47.3 Å². The Morgan fingerprint density at radius 2 is 2.09 bits per heavy atom. The summed E-state index contributed by atoms with van der Waals surface area (Å²) in [4.78, 5) is 15.2. The molecular weight excluding hydrogens is 300 g/mol. The lowest BCUT2D eigenvalue weighted by Gasteiger charge is -2.05. The fourth-order valence-corrected chi connectivity index (χ4v) is 2.22. The van der Waals surface area contributed by atoms with E-state index in [1.807, 2.05) is 30.3 Å². The number of carbonyl (C=O) groups excluding carboxylic acids is 1. The summed E-state index contributed by atoms with van der Waals surface area (Å²) in [5, 5.41) is 4.01. The molecule has 0 fully saturated rings. The van der Waals surface area contributed by atoms with Crippen molar-refractivity contribution in [2.75, 3.05) is 7.11 Å². The third-order valence-electron chi connectivity index (χ3n) is 3.04. The highest BCUT2D eigenvalue weighted by Crippen LogP contribution is 2.30. The molecule has 114 valence electrons. The van der Waals surface area contributed by atoms with Crippen LogP contribution in [0.15, 0.2) is 35.4 Å². The summed E-state index contributed by atoms with van der Waals surface area (Å²) in [5.74, 6) is -0.408. The SMILES string of the molecule is COC(=O)c1c(C)[nH]c(C=NNC(N)=S)c1-c1ccccc1. The normalized spacial score (nSPS) is 10.6. The van der Waals surface area contributed by atoms with Crippen molar-refractivity contribution in [3.8, 4) is 11.1 Å². The first-order chi connectivity index (χ1) is 10.5. The van der Waals surface area contributed by atoms with Gasteiger partial charge < -0.3 is 15.5 Å². The number of esters is 1. The van der Waals surface area contributed by atoms with Crippen LogP contribution in [0.25, 0.3) is 11.1 Å². The van der Waals surface area contributed by atoms with Crippen molar-refractivity contribution in [1.29, 1.82) is 0 Å². The van der Waals surface area contributed by atoms with Crippen molar-refractivity contribution in [2.45, 2.75) is 6.92 Å². The minimum absolute atomic E-state index is 0.0639. The second-order valence-electron chi connectivity index (χ2n) is 4.51. The van der Waals surface area contributed by atoms with E-state index in [1.165, 1.54) is 13.3 Å². The van der Waals surface area contributed by atoms with E-state index in [0.29, 0.717) is 17.0 Å². The molecule has 2 rings (SSSR count). The summed E-state index contributed by atoms with van der Waals surface area (Å²) in [6.07, 6.45) is 1.53. The lowest BCUT2D eigenvalue weighted by molar-refractivity contribution is 0.0601. The standard InChI is InChI=1S/C15H16N4O2S/c1-9-12(14(20)21-2)13(10-6-4-3-5-7-10)11(18-9)8-17-19-15(16)22/h3-8,18H,1-2H3,(H3,16,19,22). The van der Waals surface area contributed by atoms with Crippen molar-refractivity contribution < 1.29 is 9.53 Å². The molecule has 22 heavy (non-hydrogen) atoms. The van der Waals surface area contributed by atoms with E-state index in [-0.39, 0.29) is 5.11 Å². The molecule has 0 bridgehead atoms. The maximum absolute atomic E-state index is 12.1. The Bertz CT molecular complexity index is 723. The summed E-state index contributed by atoms with van der Waals surface area (Å²) < 4.78 is 4.88. The van der Waals surface area contributed by atoms with E-state index in [4.69, 9.17) is 22.7 Å². The zero-order chi connectivity index (χ0) is 16.1. The number of nitrogens with one attached hydrogen (secondary N) is 2. The number of aromatic nitrogens is 1. The summed E-state index contributed by atoms with van der Waals surface area (Å²) in [6, 6.07) is 9.52. The number of benzene rings is 1. The molecule has 0 aliphatic carbocycles.